The Labute approximate surface area is 193 Å². The molecule has 8 heteroatoms. The lowest BCUT2D eigenvalue weighted by Gasteiger charge is -2.41. The molecule has 0 amide bonds. The fourth-order valence-electron chi connectivity index (χ4n) is 3.86. The molecule has 1 aliphatic carbocycles. The molecule has 0 spiro atoms. The quantitative estimate of drug-likeness (QED) is 0.302. The van der Waals surface area contributed by atoms with Gasteiger partial charge in [0.2, 0.25) is 0 Å². The van der Waals surface area contributed by atoms with E-state index >= 15 is 0 Å². The summed E-state index contributed by atoms with van der Waals surface area (Å²) in [5.74, 6) is 0. The van der Waals surface area contributed by atoms with E-state index in [4.69, 9.17) is 14.5 Å². The van der Waals surface area contributed by atoms with Crippen LogP contribution < -0.4 is 0 Å². The molecule has 3 heterocycles. The van der Waals surface area contributed by atoms with Crippen LogP contribution in [0.4, 0.5) is 0 Å². The van der Waals surface area contributed by atoms with Crippen LogP contribution in [0.3, 0.4) is 0 Å². The Morgan fingerprint density at radius 2 is 1.83 bits per heavy atom. The molecule has 162 valence electrons. The number of fused-ring (bicyclic) bond motifs is 1. The number of hydrogen-bond donors (Lipinski definition) is 0. The van der Waals surface area contributed by atoms with Gasteiger partial charge in [-0.3, -0.25) is 4.68 Å². The van der Waals surface area contributed by atoms with E-state index < -0.39 is 8.32 Å². The normalized spacial score (nSPS) is 20.8. The molecule has 0 saturated heterocycles. The monoisotopic (exact) mass is 537 g/mol. The molecular weight excluding hydrogens is 505 g/mol. The first-order chi connectivity index (χ1) is 14.0. The van der Waals surface area contributed by atoms with Crippen LogP contribution in [-0.4, -0.2) is 38.8 Å². The SMILES string of the molecule is Cc1ccc2nc(-c3cnn(C4CCC(O[Si](C)(C)C(C)(C)C)CC4)c3)c(I)n2n1. The second-order valence-corrected chi connectivity index (χ2v) is 15.8. The van der Waals surface area contributed by atoms with E-state index in [-0.39, 0.29) is 5.04 Å². The fraction of sp³-hybridized carbons (Fsp3) is 0.591. The van der Waals surface area contributed by atoms with Gasteiger partial charge in [0.15, 0.2) is 14.0 Å². The van der Waals surface area contributed by atoms with Gasteiger partial charge in [0.25, 0.3) is 0 Å². The van der Waals surface area contributed by atoms with E-state index in [0.717, 1.165) is 52.0 Å². The molecule has 6 nitrogen and oxygen atoms in total. The number of imidazole rings is 1. The lowest BCUT2D eigenvalue weighted by Crippen LogP contribution is -2.44. The van der Waals surface area contributed by atoms with E-state index in [1.165, 1.54) is 0 Å². The molecule has 30 heavy (non-hydrogen) atoms. The van der Waals surface area contributed by atoms with Crippen molar-refractivity contribution < 1.29 is 4.43 Å². The van der Waals surface area contributed by atoms with E-state index in [9.17, 15) is 0 Å². The molecule has 0 atom stereocenters. The Kier molecular flexibility index (Phi) is 5.86. The third-order valence-corrected chi connectivity index (χ3v) is 12.2. The Bertz CT molecular complexity index is 1040. The lowest BCUT2D eigenvalue weighted by atomic mass is 9.93. The maximum atomic E-state index is 6.65. The highest BCUT2D eigenvalue weighted by Crippen LogP contribution is 2.40. The molecule has 1 saturated carbocycles. The molecule has 1 aliphatic rings. The van der Waals surface area contributed by atoms with Crippen molar-refractivity contribution in [2.24, 2.45) is 0 Å². The zero-order valence-electron chi connectivity index (χ0n) is 18.8. The minimum absolute atomic E-state index is 0.263. The van der Waals surface area contributed by atoms with Gasteiger partial charge in [0.05, 0.1) is 17.9 Å². The van der Waals surface area contributed by atoms with E-state index in [0.29, 0.717) is 12.1 Å². The maximum absolute atomic E-state index is 6.65. The number of aryl methyl sites for hydroxylation is 1. The molecule has 0 aliphatic heterocycles. The summed E-state index contributed by atoms with van der Waals surface area (Å²) in [5.41, 5.74) is 3.87. The van der Waals surface area contributed by atoms with Crippen molar-refractivity contribution in [1.82, 2.24) is 24.4 Å². The van der Waals surface area contributed by atoms with Crippen LogP contribution in [-0.2, 0) is 4.43 Å². The van der Waals surface area contributed by atoms with Gasteiger partial charge >= 0.3 is 0 Å². The minimum Gasteiger partial charge on any atom is -0.414 e. The molecule has 3 aromatic rings. The van der Waals surface area contributed by atoms with Crippen molar-refractivity contribution in [2.75, 3.05) is 0 Å². The predicted molar refractivity (Wildman–Crippen MR) is 131 cm³/mol. The Morgan fingerprint density at radius 1 is 1.13 bits per heavy atom. The number of rotatable bonds is 4. The van der Waals surface area contributed by atoms with Gasteiger partial charge in [-0.2, -0.15) is 10.2 Å². The van der Waals surface area contributed by atoms with Gasteiger partial charge in [0.1, 0.15) is 9.39 Å². The van der Waals surface area contributed by atoms with Gasteiger partial charge in [-0.25, -0.2) is 9.50 Å². The summed E-state index contributed by atoms with van der Waals surface area (Å²) in [4.78, 5) is 4.78. The average Bonchev–Trinajstić information content (AvgIpc) is 3.27. The third kappa shape index (κ3) is 4.23. The standard InChI is InChI=1S/C22H32IN5OSi/c1-15-7-12-19-25-20(21(23)28(19)26-15)16-13-24-27(14-16)17-8-10-18(11-9-17)29-30(5,6)22(2,3)4/h7,12-14,17-18H,8-11H2,1-6H3. The smallest absolute Gasteiger partial charge is 0.192 e. The van der Waals surface area contributed by atoms with Gasteiger partial charge in [-0.1, -0.05) is 20.8 Å². The molecule has 0 unspecified atom stereocenters. The molecule has 4 rings (SSSR count). The molecular formula is C22H32IN5OSi. The summed E-state index contributed by atoms with van der Waals surface area (Å²) in [5, 5.41) is 9.54. The number of hydrogen-bond acceptors (Lipinski definition) is 4. The number of nitrogens with zero attached hydrogens (tertiary/aromatic N) is 5. The largest absolute Gasteiger partial charge is 0.414 e. The summed E-state index contributed by atoms with van der Waals surface area (Å²) in [6.07, 6.45) is 8.94. The first kappa shape index (κ1) is 21.9. The fourth-order valence-corrected chi connectivity index (χ4v) is 6.07. The second-order valence-electron chi connectivity index (χ2n) is 10.0. The zero-order valence-corrected chi connectivity index (χ0v) is 22.0. The highest BCUT2D eigenvalue weighted by molar-refractivity contribution is 14.1. The van der Waals surface area contributed by atoms with Crippen LogP contribution in [0, 0.1) is 10.6 Å². The summed E-state index contributed by atoms with van der Waals surface area (Å²) < 4.78 is 11.7. The van der Waals surface area contributed by atoms with Gasteiger partial charge in [0, 0.05) is 17.9 Å². The Morgan fingerprint density at radius 3 is 2.50 bits per heavy atom. The van der Waals surface area contributed by atoms with Crippen LogP contribution in [0.15, 0.2) is 24.5 Å². The van der Waals surface area contributed by atoms with Crippen LogP contribution >= 0.6 is 22.6 Å². The van der Waals surface area contributed by atoms with E-state index in [2.05, 4.69) is 72.4 Å². The number of halogens is 1. The van der Waals surface area contributed by atoms with Crippen LogP contribution in [0.2, 0.25) is 18.1 Å². The molecule has 0 N–H and O–H groups in total. The van der Waals surface area contributed by atoms with Crippen molar-refractivity contribution in [3.05, 3.63) is 33.9 Å². The average molecular weight is 538 g/mol. The van der Waals surface area contributed by atoms with Crippen molar-refractivity contribution in [3.63, 3.8) is 0 Å². The van der Waals surface area contributed by atoms with Crippen molar-refractivity contribution in [2.45, 2.75) is 83.7 Å². The third-order valence-electron chi connectivity index (χ3n) is 6.72. The molecule has 3 aromatic heterocycles. The van der Waals surface area contributed by atoms with Crippen LogP contribution in [0.5, 0.6) is 0 Å². The van der Waals surface area contributed by atoms with Gasteiger partial charge in [-0.15, -0.1) is 0 Å². The van der Waals surface area contributed by atoms with Gasteiger partial charge in [-0.05, 0) is 85.5 Å². The Balaban J connectivity index is 1.45. The summed E-state index contributed by atoms with van der Waals surface area (Å²) in [6, 6.07) is 4.45. The predicted octanol–water partition coefficient (Wildman–Crippen LogP) is 6.01. The van der Waals surface area contributed by atoms with Crippen LogP contribution in [0.1, 0.15) is 58.2 Å². The van der Waals surface area contributed by atoms with Crippen LogP contribution in [0.25, 0.3) is 16.9 Å². The van der Waals surface area contributed by atoms with Crippen molar-refractivity contribution >= 4 is 36.6 Å². The highest BCUT2D eigenvalue weighted by atomic mass is 127. The van der Waals surface area contributed by atoms with Gasteiger partial charge < -0.3 is 4.43 Å². The van der Waals surface area contributed by atoms with Crippen molar-refractivity contribution in [3.8, 4) is 11.3 Å². The van der Waals surface area contributed by atoms with Crippen molar-refractivity contribution in [1.29, 1.82) is 0 Å². The summed E-state index contributed by atoms with van der Waals surface area (Å²) in [7, 11) is -1.70. The first-order valence-electron chi connectivity index (χ1n) is 10.8. The summed E-state index contributed by atoms with van der Waals surface area (Å²) in [6.45, 7) is 13.6. The molecule has 0 radical (unpaired) electrons. The van der Waals surface area contributed by atoms with E-state index in [1.807, 2.05) is 29.8 Å². The zero-order chi connectivity index (χ0) is 21.7. The summed E-state index contributed by atoms with van der Waals surface area (Å²) >= 11 is 2.33. The number of aromatic nitrogens is 5. The molecule has 1 fully saturated rings. The lowest BCUT2D eigenvalue weighted by molar-refractivity contribution is 0.115. The van der Waals surface area contributed by atoms with E-state index in [1.54, 1.807) is 0 Å². The minimum atomic E-state index is -1.70. The Hall–Kier alpha value is -1.26. The molecule has 0 aromatic carbocycles. The second kappa shape index (κ2) is 8.02. The topological polar surface area (TPSA) is 57.2 Å². The molecule has 0 bridgehead atoms. The maximum Gasteiger partial charge on any atom is 0.192 e. The highest BCUT2D eigenvalue weighted by Gasteiger charge is 2.40. The first-order valence-corrected chi connectivity index (χ1v) is 14.8.